The first kappa shape index (κ1) is 21.6. The predicted octanol–water partition coefficient (Wildman–Crippen LogP) is 5.79. The number of hydrogen-bond acceptors (Lipinski definition) is 5. The van der Waals surface area contributed by atoms with Gasteiger partial charge in [-0.25, -0.2) is 4.79 Å². The van der Waals surface area contributed by atoms with Gasteiger partial charge in [-0.05, 0) is 69.4 Å². The van der Waals surface area contributed by atoms with E-state index in [9.17, 15) is 4.79 Å². The van der Waals surface area contributed by atoms with Gasteiger partial charge in [0.05, 0.1) is 24.5 Å². The number of carbonyl (C=O) groups is 1. The summed E-state index contributed by atoms with van der Waals surface area (Å²) in [7, 11) is 0. The minimum absolute atomic E-state index is 0.273. The zero-order chi connectivity index (χ0) is 20.6. The fourth-order valence-electron chi connectivity index (χ4n) is 3.53. The molecule has 1 heterocycles. The van der Waals surface area contributed by atoms with Crippen molar-refractivity contribution in [3.8, 4) is 5.75 Å². The Kier molecular flexibility index (Phi) is 7.89. The van der Waals surface area contributed by atoms with E-state index >= 15 is 0 Å². The number of para-hydroxylation sites is 2. The molecule has 0 unspecified atom stereocenters. The van der Waals surface area contributed by atoms with Crippen molar-refractivity contribution >= 4 is 45.3 Å². The molecule has 29 heavy (non-hydrogen) atoms. The van der Waals surface area contributed by atoms with E-state index in [0.717, 1.165) is 47.7 Å². The lowest BCUT2D eigenvalue weighted by atomic mass is 9.96. The van der Waals surface area contributed by atoms with Crippen molar-refractivity contribution in [3.05, 3.63) is 40.3 Å². The van der Waals surface area contributed by atoms with E-state index in [-0.39, 0.29) is 5.97 Å². The molecule has 0 amide bonds. The summed E-state index contributed by atoms with van der Waals surface area (Å²) in [5.74, 6) is 0.466. The fraction of sp³-hybridized carbons (Fsp3) is 0.455. The molecule has 5 nitrogen and oxygen atoms in total. The monoisotopic (exact) mass is 432 g/mol. The molecule has 1 aromatic carbocycles. The number of aryl methyl sites for hydroxylation is 1. The molecular formula is C22H28N2O3S2. The Labute approximate surface area is 181 Å². The van der Waals surface area contributed by atoms with Gasteiger partial charge < -0.3 is 20.1 Å². The summed E-state index contributed by atoms with van der Waals surface area (Å²) in [5.41, 5.74) is 2.57. The molecule has 156 valence electrons. The van der Waals surface area contributed by atoms with E-state index in [2.05, 4.69) is 10.6 Å². The average Bonchev–Trinajstić information content (AvgIpc) is 3.00. The topological polar surface area (TPSA) is 59.6 Å². The van der Waals surface area contributed by atoms with Gasteiger partial charge in [0.25, 0.3) is 0 Å². The standard InChI is InChI=1S/C22H28N2O3S2/c1-3-26-17-13-10-9-12-16(17)23-22(28)24-20-19(21(25)27-4-2)15-11-7-5-6-8-14-18(15)29-20/h9-10,12-13H,3-8,11,14H2,1-2H3,(H2,23,24,28). The highest BCUT2D eigenvalue weighted by atomic mass is 32.1. The Bertz CT molecular complexity index is 864. The zero-order valence-corrected chi connectivity index (χ0v) is 18.6. The van der Waals surface area contributed by atoms with Gasteiger partial charge in [0.15, 0.2) is 5.11 Å². The summed E-state index contributed by atoms with van der Waals surface area (Å²) in [6, 6.07) is 7.66. The van der Waals surface area contributed by atoms with E-state index in [4.69, 9.17) is 21.7 Å². The Morgan fingerprint density at radius 1 is 1.07 bits per heavy atom. The van der Waals surface area contributed by atoms with Gasteiger partial charge in [0, 0.05) is 4.88 Å². The molecule has 0 saturated carbocycles. The molecule has 1 aliphatic rings. The molecule has 7 heteroatoms. The van der Waals surface area contributed by atoms with Crippen molar-refractivity contribution in [1.82, 2.24) is 0 Å². The van der Waals surface area contributed by atoms with Gasteiger partial charge in [0.2, 0.25) is 0 Å². The van der Waals surface area contributed by atoms with Gasteiger partial charge >= 0.3 is 5.97 Å². The van der Waals surface area contributed by atoms with E-state index in [1.165, 1.54) is 17.7 Å². The van der Waals surface area contributed by atoms with Crippen molar-refractivity contribution in [2.24, 2.45) is 0 Å². The van der Waals surface area contributed by atoms with Gasteiger partial charge in [-0.3, -0.25) is 0 Å². The number of thiophene rings is 1. The molecule has 0 bridgehead atoms. The Balaban J connectivity index is 1.85. The third-order valence-corrected chi connectivity index (χ3v) is 6.22. The second-order valence-corrected chi connectivity index (χ2v) is 8.36. The van der Waals surface area contributed by atoms with Crippen molar-refractivity contribution in [2.75, 3.05) is 23.8 Å². The normalized spacial score (nSPS) is 13.6. The van der Waals surface area contributed by atoms with Crippen molar-refractivity contribution in [2.45, 2.75) is 52.4 Å². The van der Waals surface area contributed by atoms with Gasteiger partial charge in [-0.2, -0.15) is 0 Å². The number of benzene rings is 1. The van der Waals surface area contributed by atoms with Crippen LogP contribution >= 0.6 is 23.6 Å². The number of carbonyl (C=O) groups excluding carboxylic acids is 1. The first-order valence-corrected chi connectivity index (χ1v) is 11.5. The van der Waals surface area contributed by atoms with Crippen LogP contribution < -0.4 is 15.4 Å². The van der Waals surface area contributed by atoms with Crippen LogP contribution in [0.2, 0.25) is 0 Å². The van der Waals surface area contributed by atoms with Crippen LogP contribution in [0.3, 0.4) is 0 Å². The number of ether oxygens (including phenoxy) is 2. The first-order valence-electron chi connectivity index (χ1n) is 10.3. The van der Waals surface area contributed by atoms with Crippen LogP contribution in [0.1, 0.15) is 60.3 Å². The Hall–Kier alpha value is -2.12. The van der Waals surface area contributed by atoms with Crippen LogP contribution in [0.25, 0.3) is 0 Å². The highest BCUT2D eigenvalue weighted by Crippen LogP contribution is 2.38. The quantitative estimate of drug-likeness (QED) is 0.445. The second kappa shape index (κ2) is 10.6. The largest absolute Gasteiger partial charge is 0.492 e. The third-order valence-electron chi connectivity index (χ3n) is 4.81. The van der Waals surface area contributed by atoms with Gasteiger partial charge in [-0.15, -0.1) is 11.3 Å². The van der Waals surface area contributed by atoms with Crippen molar-refractivity contribution in [3.63, 3.8) is 0 Å². The summed E-state index contributed by atoms with van der Waals surface area (Å²) in [6.07, 6.45) is 6.60. The molecule has 1 aliphatic carbocycles. The molecule has 0 radical (unpaired) electrons. The number of rotatable bonds is 6. The number of hydrogen-bond donors (Lipinski definition) is 2. The molecule has 0 fully saturated rings. The van der Waals surface area contributed by atoms with E-state index < -0.39 is 0 Å². The lowest BCUT2D eigenvalue weighted by molar-refractivity contribution is 0.0526. The number of esters is 1. The summed E-state index contributed by atoms with van der Waals surface area (Å²) in [6.45, 7) is 4.70. The lowest BCUT2D eigenvalue weighted by Crippen LogP contribution is -2.21. The summed E-state index contributed by atoms with van der Waals surface area (Å²) < 4.78 is 11.0. The smallest absolute Gasteiger partial charge is 0.341 e. The summed E-state index contributed by atoms with van der Waals surface area (Å²) in [4.78, 5) is 14.0. The Morgan fingerprint density at radius 3 is 2.59 bits per heavy atom. The molecule has 0 saturated heterocycles. The van der Waals surface area contributed by atoms with Crippen molar-refractivity contribution < 1.29 is 14.3 Å². The van der Waals surface area contributed by atoms with E-state index in [1.54, 1.807) is 11.3 Å². The number of thiocarbonyl (C=S) groups is 1. The third kappa shape index (κ3) is 5.48. The number of anilines is 2. The maximum Gasteiger partial charge on any atom is 0.341 e. The lowest BCUT2D eigenvalue weighted by Gasteiger charge is -2.14. The molecule has 0 aliphatic heterocycles. The molecular weight excluding hydrogens is 404 g/mol. The van der Waals surface area contributed by atoms with Crippen LogP contribution in [-0.4, -0.2) is 24.3 Å². The van der Waals surface area contributed by atoms with Crippen LogP contribution in [0.5, 0.6) is 5.75 Å². The molecule has 0 atom stereocenters. The maximum atomic E-state index is 12.7. The van der Waals surface area contributed by atoms with Crippen LogP contribution in [0.4, 0.5) is 10.7 Å². The SMILES string of the molecule is CCOC(=O)c1c(NC(=S)Nc2ccccc2OCC)sc2c1CCCCCC2. The molecule has 2 N–H and O–H groups in total. The van der Waals surface area contributed by atoms with Crippen LogP contribution in [0.15, 0.2) is 24.3 Å². The summed E-state index contributed by atoms with van der Waals surface area (Å²) >= 11 is 7.16. The summed E-state index contributed by atoms with van der Waals surface area (Å²) in [5, 5.41) is 7.64. The highest BCUT2D eigenvalue weighted by Gasteiger charge is 2.25. The first-order chi connectivity index (χ1) is 14.1. The van der Waals surface area contributed by atoms with Gasteiger partial charge in [0.1, 0.15) is 10.8 Å². The molecule has 2 aromatic rings. The Morgan fingerprint density at radius 2 is 1.83 bits per heavy atom. The number of nitrogens with one attached hydrogen (secondary N) is 2. The average molecular weight is 433 g/mol. The van der Waals surface area contributed by atoms with Crippen molar-refractivity contribution in [1.29, 1.82) is 0 Å². The fourth-order valence-corrected chi connectivity index (χ4v) is 5.09. The molecule has 0 spiro atoms. The number of fused-ring (bicyclic) bond motifs is 1. The molecule has 1 aromatic heterocycles. The van der Waals surface area contributed by atoms with Crippen LogP contribution in [-0.2, 0) is 17.6 Å². The predicted molar refractivity (Wildman–Crippen MR) is 124 cm³/mol. The minimum Gasteiger partial charge on any atom is -0.492 e. The maximum absolute atomic E-state index is 12.7. The van der Waals surface area contributed by atoms with Crippen LogP contribution in [0, 0.1) is 0 Å². The zero-order valence-electron chi connectivity index (χ0n) is 17.0. The molecule has 3 rings (SSSR count). The second-order valence-electron chi connectivity index (χ2n) is 6.85. The van der Waals surface area contributed by atoms with Gasteiger partial charge in [-0.1, -0.05) is 25.0 Å². The van der Waals surface area contributed by atoms with E-state index in [0.29, 0.717) is 23.9 Å². The van der Waals surface area contributed by atoms with E-state index in [1.807, 2.05) is 38.1 Å². The highest BCUT2D eigenvalue weighted by molar-refractivity contribution is 7.80. The minimum atomic E-state index is -0.273.